The number of aromatic nitrogens is 3. The number of nitrogens with zero attached hydrogens (tertiary/aromatic N) is 4. The normalized spacial score (nSPS) is 18.9. The minimum absolute atomic E-state index is 0.172. The Hall–Kier alpha value is -3.49. The zero-order valence-electron chi connectivity index (χ0n) is 20.4. The molecule has 2 fully saturated rings. The molecule has 0 spiro atoms. The minimum atomic E-state index is -0.261. The van der Waals surface area contributed by atoms with Crippen LogP contribution in [0.3, 0.4) is 0 Å². The summed E-state index contributed by atoms with van der Waals surface area (Å²) in [5.74, 6) is 1.50. The highest BCUT2D eigenvalue weighted by molar-refractivity contribution is 6.11. The van der Waals surface area contributed by atoms with Gasteiger partial charge in [-0.3, -0.25) is 14.7 Å². The third-order valence-corrected chi connectivity index (χ3v) is 7.06. The fourth-order valence-electron chi connectivity index (χ4n) is 5.18. The first-order valence-corrected chi connectivity index (χ1v) is 12.9. The van der Waals surface area contributed by atoms with Gasteiger partial charge in [0, 0.05) is 35.6 Å². The maximum atomic E-state index is 13.3. The molecule has 8 heteroatoms. The molecule has 186 valence electrons. The molecule has 2 aliphatic heterocycles. The Balaban J connectivity index is 1.33. The lowest BCUT2D eigenvalue weighted by atomic mass is 10.1. The molecule has 2 aliphatic rings. The van der Waals surface area contributed by atoms with E-state index >= 15 is 0 Å². The Labute approximate surface area is 210 Å². The van der Waals surface area contributed by atoms with Crippen molar-refractivity contribution in [1.29, 1.82) is 0 Å². The van der Waals surface area contributed by atoms with Crippen LogP contribution in [0.25, 0.3) is 22.2 Å². The summed E-state index contributed by atoms with van der Waals surface area (Å²) in [6.45, 7) is 3.79. The summed E-state index contributed by atoms with van der Waals surface area (Å²) in [5, 5.41) is 8.48. The highest BCUT2D eigenvalue weighted by Gasteiger charge is 2.25. The zero-order chi connectivity index (χ0) is 24.3. The fraction of sp³-hybridized carbons (Fsp3) is 0.393. The van der Waals surface area contributed by atoms with Crippen molar-refractivity contribution in [1.82, 2.24) is 19.7 Å². The van der Waals surface area contributed by atoms with E-state index in [0.717, 1.165) is 66.9 Å². The molecule has 0 saturated carbocycles. The number of carbonyl (C=O) groups is 1. The molecule has 4 aromatic rings. The molecule has 3 aromatic heterocycles. The van der Waals surface area contributed by atoms with Gasteiger partial charge in [-0.2, -0.15) is 5.10 Å². The second-order valence-electron chi connectivity index (χ2n) is 9.64. The monoisotopic (exact) mass is 485 g/mol. The topological polar surface area (TPSA) is 85.4 Å². The van der Waals surface area contributed by atoms with Crippen molar-refractivity contribution in [3.8, 4) is 11.3 Å². The van der Waals surface area contributed by atoms with Gasteiger partial charge in [-0.25, -0.2) is 4.68 Å². The van der Waals surface area contributed by atoms with Crippen LogP contribution in [0.4, 0.5) is 5.69 Å². The summed E-state index contributed by atoms with van der Waals surface area (Å²) in [6.07, 6.45) is 9.96. The second kappa shape index (κ2) is 10.2. The van der Waals surface area contributed by atoms with E-state index in [1.54, 1.807) is 24.5 Å². The number of hydrogen-bond acceptors (Lipinski definition) is 6. The van der Waals surface area contributed by atoms with Gasteiger partial charge in [0.1, 0.15) is 11.5 Å². The van der Waals surface area contributed by atoms with Crippen LogP contribution >= 0.6 is 0 Å². The van der Waals surface area contributed by atoms with E-state index in [-0.39, 0.29) is 12.1 Å². The molecule has 36 heavy (non-hydrogen) atoms. The lowest BCUT2D eigenvalue weighted by molar-refractivity contribution is -0.0367. The van der Waals surface area contributed by atoms with Crippen molar-refractivity contribution < 1.29 is 13.9 Å². The van der Waals surface area contributed by atoms with Crippen molar-refractivity contribution in [3.63, 3.8) is 0 Å². The molecule has 2 saturated heterocycles. The standard InChI is InChI=1S/C28H31N5O3/c34-28(30-21-11-13-29-14-12-21)27-23-18-20(7-9-24(23)33(31-27)26-6-2-5-17-35-26)25-10-8-22(36-25)19-32-15-3-1-4-16-32/h7-14,18,26H,1-6,15-17,19H2,(H,29,30,34). The highest BCUT2D eigenvalue weighted by atomic mass is 16.5. The van der Waals surface area contributed by atoms with Crippen LogP contribution in [-0.2, 0) is 11.3 Å². The number of piperidine rings is 1. The zero-order valence-corrected chi connectivity index (χ0v) is 20.4. The van der Waals surface area contributed by atoms with E-state index in [9.17, 15) is 4.79 Å². The predicted octanol–water partition coefficient (Wildman–Crippen LogP) is 5.63. The van der Waals surface area contributed by atoms with E-state index in [4.69, 9.17) is 14.3 Å². The number of rotatable bonds is 6. The highest BCUT2D eigenvalue weighted by Crippen LogP contribution is 2.32. The number of pyridine rings is 1. The third kappa shape index (κ3) is 4.79. The van der Waals surface area contributed by atoms with Crippen LogP contribution in [0.5, 0.6) is 0 Å². The molecule has 6 rings (SSSR count). The minimum Gasteiger partial charge on any atom is -0.460 e. The van der Waals surface area contributed by atoms with Crippen molar-refractivity contribution in [2.75, 3.05) is 25.0 Å². The van der Waals surface area contributed by atoms with Gasteiger partial charge in [0.15, 0.2) is 11.9 Å². The van der Waals surface area contributed by atoms with Crippen molar-refractivity contribution in [3.05, 3.63) is 66.3 Å². The molecule has 1 amide bonds. The first-order chi connectivity index (χ1) is 17.7. The molecule has 1 N–H and O–H groups in total. The van der Waals surface area contributed by atoms with Gasteiger partial charge in [0.05, 0.1) is 12.1 Å². The molecule has 5 heterocycles. The van der Waals surface area contributed by atoms with Crippen LogP contribution in [0.1, 0.15) is 61.0 Å². The van der Waals surface area contributed by atoms with E-state index in [0.29, 0.717) is 18.0 Å². The summed E-state index contributed by atoms with van der Waals surface area (Å²) in [5.41, 5.74) is 2.86. The number of anilines is 1. The number of ether oxygens (including phenoxy) is 1. The van der Waals surface area contributed by atoms with Crippen LogP contribution in [0.15, 0.2) is 59.3 Å². The number of carbonyl (C=O) groups excluding carboxylic acids is 1. The third-order valence-electron chi connectivity index (χ3n) is 7.06. The fourth-order valence-corrected chi connectivity index (χ4v) is 5.18. The van der Waals surface area contributed by atoms with Crippen LogP contribution in [0, 0.1) is 0 Å². The van der Waals surface area contributed by atoms with E-state index in [1.165, 1.54) is 19.3 Å². The molecule has 0 bridgehead atoms. The summed E-state index contributed by atoms with van der Waals surface area (Å²) in [7, 11) is 0. The first kappa shape index (κ1) is 22.9. The van der Waals surface area contributed by atoms with Gasteiger partial charge < -0.3 is 14.5 Å². The number of amides is 1. The molecular formula is C28H31N5O3. The molecule has 0 radical (unpaired) electrons. The Bertz CT molecular complexity index is 1330. The second-order valence-corrected chi connectivity index (χ2v) is 9.64. The number of likely N-dealkylation sites (tertiary alicyclic amines) is 1. The number of furan rings is 1. The Kier molecular flexibility index (Phi) is 6.53. The number of nitrogens with one attached hydrogen (secondary N) is 1. The van der Waals surface area contributed by atoms with Gasteiger partial charge in [-0.05, 0) is 87.7 Å². The van der Waals surface area contributed by atoms with Crippen molar-refractivity contribution >= 4 is 22.5 Å². The van der Waals surface area contributed by atoms with E-state index < -0.39 is 0 Å². The van der Waals surface area contributed by atoms with Gasteiger partial charge in [0.25, 0.3) is 5.91 Å². The van der Waals surface area contributed by atoms with Gasteiger partial charge in [0.2, 0.25) is 0 Å². The van der Waals surface area contributed by atoms with Crippen molar-refractivity contribution in [2.45, 2.75) is 51.3 Å². The molecule has 0 aliphatic carbocycles. The average molecular weight is 486 g/mol. The Morgan fingerprint density at radius 3 is 2.67 bits per heavy atom. The molecule has 1 aromatic carbocycles. The summed E-state index contributed by atoms with van der Waals surface area (Å²) in [6, 6.07) is 13.7. The lowest BCUT2D eigenvalue weighted by Crippen LogP contribution is -2.28. The van der Waals surface area contributed by atoms with E-state index in [2.05, 4.69) is 21.3 Å². The first-order valence-electron chi connectivity index (χ1n) is 12.9. The Morgan fingerprint density at radius 2 is 1.86 bits per heavy atom. The number of hydrogen-bond donors (Lipinski definition) is 1. The maximum absolute atomic E-state index is 13.3. The summed E-state index contributed by atoms with van der Waals surface area (Å²) in [4.78, 5) is 19.8. The smallest absolute Gasteiger partial charge is 0.276 e. The molecule has 8 nitrogen and oxygen atoms in total. The largest absolute Gasteiger partial charge is 0.460 e. The van der Waals surface area contributed by atoms with Gasteiger partial charge in [-0.1, -0.05) is 6.42 Å². The molecular weight excluding hydrogens is 454 g/mol. The maximum Gasteiger partial charge on any atom is 0.276 e. The van der Waals surface area contributed by atoms with Gasteiger partial charge in [-0.15, -0.1) is 0 Å². The van der Waals surface area contributed by atoms with Gasteiger partial charge >= 0.3 is 0 Å². The molecule has 1 unspecified atom stereocenters. The number of fused-ring (bicyclic) bond motifs is 1. The van der Waals surface area contributed by atoms with Crippen molar-refractivity contribution in [2.24, 2.45) is 0 Å². The predicted molar refractivity (Wildman–Crippen MR) is 138 cm³/mol. The van der Waals surface area contributed by atoms with Crippen LogP contribution < -0.4 is 5.32 Å². The lowest BCUT2D eigenvalue weighted by Gasteiger charge is -2.25. The van der Waals surface area contributed by atoms with E-state index in [1.807, 2.05) is 28.9 Å². The Morgan fingerprint density at radius 1 is 1.00 bits per heavy atom. The summed E-state index contributed by atoms with van der Waals surface area (Å²) < 4.78 is 14.1. The molecule has 1 atom stereocenters. The quantitative estimate of drug-likeness (QED) is 0.381. The van der Waals surface area contributed by atoms with Crippen LogP contribution in [-0.4, -0.2) is 45.3 Å². The van der Waals surface area contributed by atoms with Crippen LogP contribution in [0.2, 0.25) is 0 Å². The SMILES string of the molecule is O=C(Nc1ccncc1)c1nn(C2CCCCO2)c2ccc(-c3ccc(CN4CCCCC4)o3)cc12. The summed E-state index contributed by atoms with van der Waals surface area (Å²) >= 11 is 0. The number of benzene rings is 1. The average Bonchev–Trinajstić information content (AvgIpc) is 3.55.